The monoisotopic (exact) mass is 446 g/mol. The number of thiazole rings is 1. The maximum atomic E-state index is 12.9. The number of pyridine rings is 1. The summed E-state index contributed by atoms with van der Waals surface area (Å²) in [6.07, 6.45) is 5.70. The number of carbonyl (C=O) groups excluding carboxylic acids is 1. The van der Waals surface area contributed by atoms with Gasteiger partial charge in [-0.15, -0.1) is 11.3 Å². The van der Waals surface area contributed by atoms with Crippen molar-refractivity contribution in [3.63, 3.8) is 0 Å². The topological polar surface area (TPSA) is 93.1 Å². The minimum Gasteiger partial charge on any atom is -0.368 e. The maximum Gasteiger partial charge on any atom is 0.223 e. The van der Waals surface area contributed by atoms with E-state index in [1.54, 1.807) is 29.9 Å². The number of para-hydroxylation sites is 1. The number of fused-ring (bicyclic) bond motifs is 1. The lowest BCUT2D eigenvalue weighted by Gasteiger charge is -2.32. The Labute approximate surface area is 189 Å². The molecular formula is C23H22N6O2S. The fourth-order valence-electron chi connectivity index (χ4n) is 3.65. The number of nitrogens with one attached hydrogen (secondary N) is 1. The first-order valence-corrected chi connectivity index (χ1v) is 11.3. The van der Waals surface area contributed by atoms with Crippen LogP contribution in [-0.2, 0) is 16.0 Å². The molecule has 9 heteroatoms. The first kappa shape index (κ1) is 20.5. The molecule has 0 spiro atoms. The lowest BCUT2D eigenvalue weighted by molar-refractivity contribution is -0.139. The molecule has 3 aromatic heterocycles. The second kappa shape index (κ2) is 9.37. The van der Waals surface area contributed by atoms with Gasteiger partial charge in [0.1, 0.15) is 17.7 Å². The van der Waals surface area contributed by atoms with Gasteiger partial charge in [-0.1, -0.05) is 18.2 Å². The Morgan fingerprint density at radius 1 is 1.12 bits per heavy atom. The van der Waals surface area contributed by atoms with E-state index in [2.05, 4.69) is 31.3 Å². The van der Waals surface area contributed by atoms with E-state index in [4.69, 9.17) is 4.74 Å². The number of nitrogens with zero attached hydrogens (tertiary/aromatic N) is 5. The summed E-state index contributed by atoms with van der Waals surface area (Å²) in [7, 11) is 0. The molecule has 0 saturated carbocycles. The summed E-state index contributed by atoms with van der Waals surface area (Å²) in [5, 5.41) is 4.13. The van der Waals surface area contributed by atoms with Crippen molar-refractivity contribution >= 4 is 39.1 Å². The van der Waals surface area contributed by atoms with E-state index < -0.39 is 0 Å². The molecule has 1 amide bonds. The average molecular weight is 447 g/mol. The molecule has 1 aliphatic heterocycles. The standard InChI is InChI=1S/C23H22N6O2S/c30-23(9-8-22-27-17-4-1-2-6-19(17)32-22)29-12-13-31-18(15-29)16-5-3-7-20(26-16)28-21-14-24-10-11-25-21/h1-7,10-11,14,18H,8-9,12-13,15H2,(H,25,26,28). The van der Waals surface area contributed by atoms with Crippen LogP contribution in [0.25, 0.3) is 10.2 Å². The highest BCUT2D eigenvalue weighted by molar-refractivity contribution is 7.18. The van der Waals surface area contributed by atoms with Gasteiger partial charge in [0.25, 0.3) is 0 Å². The zero-order valence-corrected chi connectivity index (χ0v) is 18.2. The minimum atomic E-state index is -0.265. The molecule has 4 heterocycles. The first-order chi connectivity index (χ1) is 15.7. The zero-order valence-electron chi connectivity index (χ0n) is 17.3. The molecule has 1 unspecified atom stereocenters. The third-order valence-corrected chi connectivity index (χ3v) is 6.33. The fourth-order valence-corrected chi connectivity index (χ4v) is 4.62. The van der Waals surface area contributed by atoms with Gasteiger partial charge >= 0.3 is 0 Å². The molecule has 5 rings (SSSR count). The van der Waals surface area contributed by atoms with Crippen LogP contribution in [0.3, 0.4) is 0 Å². The van der Waals surface area contributed by atoms with Crippen molar-refractivity contribution < 1.29 is 9.53 Å². The van der Waals surface area contributed by atoms with Crippen molar-refractivity contribution in [3.05, 3.63) is 71.8 Å². The van der Waals surface area contributed by atoms with Crippen LogP contribution in [0.5, 0.6) is 0 Å². The largest absolute Gasteiger partial charge is 0.368 e. The number of anilines is 2. The summed E-state index contributed by atoms with van der Waals surface area (Å²) in [6.45, 7) is 1.56. The van der Waals surface area contributed by atoms with Crippen LogP contribution in [0.2, 0.25) is 0 Å². The lowest BCUT2D eigenvalue weighted by atomic mass is 10.1. The Balaban J connectivity index is 1.21. The number of hydrogen-bond acceptors (Lipinski definition) is 8. The highest BCUT2D eigenvalue weighted by atomic mass is 32.1. The molecule has 32 heavy (non-hydrogen) atoms. The van der Waals surface area contributed by atoms with Crippen LogP contribution in [0.4, 0.5) is 11.6 Å². The smallest absolute Gasteiger partial charge is 0.223 e. The van der Waals surface area contributed by atoms with Crippen LogP contribution in [-0.4, -0.2) is 50.4 Å². The van der Waals surface area contributed by atoms with Gasteiger partial charge in [-0.25, -0.2) is 15.0 Å². The molecule has 0 radical (unpaired) electrons. The second-order valence-electron chi connectivity index (χ2n) is 7.44. The summed E-state index contributed by atoms with van der Waals surface area (Å²) < 4.78 is 7.08. The molecule has 1 saturated heterocycles. The number of carbonyl (C=O) groups is 1. The summed E-state index contributed by atoms with van der Waals surface area (Å²) in [5.74, 6) is 1.39. The van der Waals surface area contributed by atoms with E-state index in [9.17, 15) is 4.79 Å². The van der Waals surface area contributed by atoms with Crippen LogP contribution in [0, 0.1) is 0 Å². The number of aryl methyl sites for hydroxylation is 1. The van der Waals surface area contributed by atoms with Crippen LogP contribution in [0.1, 0.15) is 23.2 Å². The van der Waals surface area contributed by atoms with Crippen molar-refractivity contribution in [3.8, 4) is 0 Å². The van der Waals surface area contributed by atoms with Gasteiger partial charge in [-0.3, -0.25) is 9.78 Å². The van der Waals surface area contributed by atoms with E-state index >= 15 is 0 Å². The Kier molecular flexibility index (Phi) is 6.00. The van der Waals surface area contributed by atoms with E-state index in [0.717, 1.165) is 20.9 Å². The Morgan fingerprint density at radius 3 is 2.94 bits per heavy atom. The number of benzene rings is 1. The molecule has 1 aromatic carbocycles. The molecule has 0 bridgehead atoms. The van der Waals surface area contributed by atoms with Gasteiger partial charge in [-0.05, 0) is 24.3 Å². The number of morpholine rings is 1. The van der Waals surface area contributed by atoms with Gasteiger partial charge in [0, 0.05) is 31.8 Å². The van der Waals surface area contributed by atoms with E-state index in [-0.39, 0.29) is 12.0 Å². The molecule has 1 N–H and O–H groups in total. The first-order valence-electron chi connectivity index (χ1n) is 10.5. The SMILES string of the molecule is O=C(CCc1nc2ccccc2s1)N1CCOC(c2cccc(Nc3cnccn3)n2)C1. The summed E-state index contributed by atoms with van der Waals surface area (Å²) >= 11 is 1.65. The van der Waals surface area contributed by atoms with Gasteiger partial charge in [0.2, 0.25) is 5.91 Å². The molecule has 1 fully saturated rings. The normalized spacial score (nSPS) is 16.2. The van der Waals surface area contributed by atoms with E-state index in [0.29, 0.717) is 44.2 Å². The maximum absolute atomic E-state index is 12.9. The van der Waals surface area contributed by atoms with Crippen molar-refractivity contribution in [2.24, 2.45) is 0 Å². The summed E-state index contributed by atoms with van der Waals surface area (Å²) in [6, 6.07) is 13.8. The minimum absolute atomic E-state index is 0.117. The van der Waals surface area contributed by atoms with Crippen molar-refractivity contribution in [2.75, 3.05) is 25.0 Å². The lowest BCUT2D eigenvalue weighted by Crippen LogP contribution is -2.42. The highest BCUT2D eigenvalue weighted by Crippen LogP contribution is 2.25. The summed E-state index contributed by atoms with van der Waals surface area (Å²) in [5.41, 5.74) is 1.77. The van der Waals surface area contributed by atoms with Crippen molar-refractivity contribution in [1.29, 1.82) is 0 Å². The Bertz CT molecular complexity index is 1180. The number of amides is 1. The number of aromatic nitrogens is 4. The molecular weight excluding hydrogens is 424 g/mol. The predicted molar refractivity (Wildman–Crippen MR) is 123 cm³/mol. The molecule has 1 aliphatic rings. The van der Waals surface area contributed by atoms with E-state index in [1.165, 1.54) is 0 Å². The Morgan fingerprint density at radius 2 is 2.06 bits per heavy atom. The van der Waals surface area contributed by atoms with Gasteiger partial charge in [-0.2, -0.15) is 0 Å². The number of rotatable bonds is 6. The van der Waals surface area contributed by atoms with Gasteiger partial charge in [0.15, 0.2) is 0 Å². The molecule has 4 aromatic rings. The quantitative estimate of drug-likeness (QED) is 0.482. The Hall–Kier alpha value is -3.43. The predicted octanol–water partition coefficient (Wildman–Crippen LogP) is 3.76. The van der Waals surface area contributed by atoms with Crippen molar-refractivity contribution in [1.82, 2.24) is 24.8 Å². The van der Waals surface area contributed by atoms with Gasteiger partial charge < -0.3 is 15.0 Å². The second-order valence-corrected chi connectivity index (χ2v) is 8.55. The van der Waals surface area contributed by atoms with E-state index in [1.807, 2.05) is 41.3 Å². The third kappa shape index (κ3) is 4.74. The molecule has 8 nitrogen and oxygen atoms in total. The van der Waals surface area contributed by atoms with Crippen molar-refractivity contribution in [2.45, 2.75) is 18.9 Å². The average Bonchev–Trinajstić information content (AvgIpc) is 3.27. The fraction of sp³-hybridized carbons (Fsp3) is 0.261. The third-order valence-electron chi connectivity index (χ3n) is 5.23. The number of ether oxygens (including phenoxy) is 1. The zero-order chi connectivity index (χ0) is 21.8. The number of hydrogen-bond donors (Lipinski definition) is 1. The molecule has 0 aliphatic carbocycles. The van der Waals surface area contributed by atoms with Crippen LogP contribution in [0.15, 0.2) is 61.1 Å². The molecule has 162 valence electrons. The summed E-state index contributed by atoms with van der Waals surface area (Å²) in [4.78, 5) is 32.3. The van der Waals surface area contributed by atoms with Crippen LogP contribution < -0.4 is 5.32 Å². The highest BCUT2D eigenvalue weighted by Gasteiger charge is 2.26. The van der Waals surface area contributed by atoms with Crippen LogP contribution >= 0.6 is 11.3 Å². The van der Waals surface area contributed by atoms with Gasteiger partial charge in [0.05, 0.1) is 40.3 Å². The molecule has 1 atom stereocenters.